The average Bonchev–Trinajstić information content (AvgIpc) is 2.57. The number of β-amino-alcohol motifs (C(OH)–C–C–N with tert-alkyl or cyclic N) is 1. The third-order valence-corrected chi connectivity index (χ3v) is 4.63. The maximum absolute atomic E-state index is 13.5. The second kappa shape index (κ2) is 8.55. The predicted octanol–water partition coefficient (Wildman–Crippen LogP) is 1.37. The quantitative estimate of drug-likeness (QED) is 0.734. The summed E-state index contributed by atoms with van der Waals surface area (Å²) < 4.78 is 18.7. The summed E-state index contributed by atoms with van der Waals surface area (Å²) in [5.41, 5.74) is 0.122. The van der Waals surface area contributed by atoms with Gasteiger partial charge in [-0.05, 0) is 57.0 Å². The number of hydrogen-bond acceptors (Lipinski definition) is 5. The first-order chi connectivity index (χ1) is 11.5. The zero-order chi connectivity index (χ0) is 17.6. The number of esters is 1. The molecule has 0 amide bonds. The first kappa shape index (κ1) is 18.8. The number of rotatable bonds is 7. The minimum atomic E-state index is -0.775. The molecule has 2 rings (SSSR count). The Hall–Kier alpha value is -1.50. The van der Waals surface area contributed by atoms with Crippen LogP contribution in [0.25, 0.3) is 0 Å². The fourth-order valence-electron chi connectivity index (χ4n) is 3.29. The van der Waals surface area contributed by atoms with Gasteiger partial charge in [-0.25, -0.2) is 4.39 Å². The van der Waals surface area contributed by atoms with Crippen molar-refractivity contribution in [2.45, 2.75) is 32.3 Å². The lowest BCUT2D eigenvalue weighted by Gasteiger charge is -2.40. The van der Waals surface area contributed by atoms with Gasteiger partial charge in [-0.2, -0.15) is 0 Å². The van der Waals surface area contributed by atoms with Crippen LogP contribution in [-0.2, 0) is 16.0 Å². The molecule has 6 heteroatoms. The largest absolute Gasteiger partial charge is 0.466 e. The molecule has 134 valence electrons. The van der Waals surface area contributed by atoms with Crippen LogP contribution in [0.2, 0.25) is 0 Å². The summed E-state index contributed by atoms with van der Waals surface area (Å²) in [5.74, 6) is -0.549. The van der Waals surface area contributed by atoms with E-state index in [-0.39, 0.29) is 18.4 Å². The van der Waals surface area contributed by atoms with Crippen molar-refractivity contribution in [1.29, 1.82) is 0 Å². The number of likely N-dealkylation sites (tertiary alicyclic amines) is 1. The van der Waals surface area contributed by atoms with E-state index < -0.39 is 11.5 Å². The zero-order valence-electron chi connectivity index (χ0n) is 14.1. The number of piperidine rings is 1. The molecule has 0 saturated carbocycles. The topological polar surface area (TPSA) is 70.0 Å². The van der Waals surface area contributed by atoms with Crippen LogP contribution in [-0.4, -0.2) is 60.0 Å². The summed E-state index contributed by atoms with van der Waals surface area (Å²) in [7, 11) is 0. The number of aliphatic hydroxyl groups is 2. The molecule has 1 fully saturated rings. The minimum absolute atomic E-state index is 0.239. The van der Waals surface area contributed by atoms with Gasteiger partial charge < -0.3 is 19.8 Å². The smallest absolute Gasteiger partial charge is 0.312 e. The molecule has 0 bridgehead atoms. The van der Waals surface area contributed by atoms with Crippen LogP contribution >= 0.6 is 0 Å². The number of nitrogens with zero attached hydrogens (tertiary/aromatic N) is 1. The average molecular weight is 339 g/mol. The van der Waals surface area contributed by atoms with Crippen molar-refractivity contribution in [3.05, 3.63) is 35.6 Å². The predicted molar refractivity (Wildman–Crippen MR) is 87.9 cm³/mol. The van der Waals surface area contributed by atoms with Gasteiger partial charge in [0.25, 0.3) is 0 Å². The highest BCUT2D eigenvalue weighted by Crippen LogP contribution is 2.37. The van der Waals surface area contributed by atoms with Gasteiger partial charge >= 0.3 is 5.97 Å². The highest BCUT2D eigenvalue weighted by molar-refractivity contribution is 5.77. The van der Waals surface area contributed by atoms with Crippen molar-refractivity contribution in [2.24, 2.45) is 5.41 Å². The van der Waals surface area contributed by atoms with E-state index in [1.54, 1.807) is 13.0 Å². The summed E-state index contributed by atoms with van der Waals surface area (Å²) in [6.45, 7) is 3.46. The Morgan fingerprint density at radius 1 is 1.42 bits per heavy atom. The van der Waals surface area contributed by atoms with Gasteiger partial charge in [0.2, 0.25) is 0 Å². The monoisotopic (exact) mass is 339 g/mol. The molecule has 1 aliphatic rings. The third-order valence-electron chi connectivity index (χ3n) is 4.63. The van der Waals surface area contributed by atoms with E-state index in [0.717, 1.165) is 5.56 Å². The molecule has 0 spiro atoms. The molecule has 2 N–H and O–H groups in total. The normalized spacial score (nSPS) is 19.0. The van der Waals surface area contributed by atoms with E-state index in [9.17, 15) is 14.3 Å². The lowest BCUT2D eigenvalue weighted by atomic mass is 9.73. The van der Waals surface area contributed by atoms with Gasteiger partial charge in [0.15, 0.2) is 0 Å². The number of halogens is 1. The van der Waals surface area contributed by atoms with E-state index >= 15 is 0 Å². The Kier molecular flexibility index (Phi) is 6.71. The fraction of sp³-hybridized carbons (Fsp3) is 0.611. The van der Waals surface area contributed by atoms with Crippen LogP contribution < -0.4 is 0 Å². The fourth-order valence-corrected chi connectivity index (χ4v) is 3.29. The molecule has 1 saturated heterocycles. The van der Waals surface area contributed by atoms with E-state index in [4.69, 9.17) is 9.84 Å². The molecule has 0 aromatic heterocycles. The van der Waals surface area contributed by atoms with Crippen LogP contribution in [0.1, 0.15) is 25.3 Å². The second-order valence-corrected chi connectivity index (χ2v) is 6.44. The third kappa shape index (κ3) is 4.75. The standard InChI is InChI=1S/C18H26FNO4/c1-2-24-17(23)18(11-14-4-3-5-15(19)10-14)6-8-20(9-7-18)12-16(22)13-21/h3-5,10,16,21-22H,2,6-9,11-13H2,1H3/t16-/m0/s1. The molecular formula is C18H26FNO4. The summed E-state index contributed by atoms with van der Waals surface area (Å²) in [6, 6.07) is 6.32. The number of ether oxygens (including phenoxy) is 1. The molecule has 1 aromatic rings. The van der Waals surface area contributed by atoms with Gasteiger partial charge in [-0.3, -0.25) is 4.79 Å². The Morgan fingerprint density at radius 3 is 2.71 bits per heavy atom. The van der Waals surface area contributed by atoms with Gasteiger partial charge in [-0.15, -0.1) is 0 Å². The lowest BCUT2D eigenvalue weighted by Crippen LogP contribution is -2.48. The van der Waals surface area contributed by atoms with Crippen LogP contribution in [0.5, 0.6) is 0 Å². The zero-order valence-corrected chi connectivity index (χ0v) is 14.1. The van der Waals surface area contributed by atoms with Gasteiger partial charge in [0.1, 0.15) is 5.82 Å². The van der Waals surface area contributed by atoms with Gasteiger partial charge in [0.05, 0.1) is 24.7 Å². The summed E-state index contributed by atoms with van der Waals surface area (Å²) in [4.78, 5) is 14.6. The minimum Gasteiger partial charge on any atom is -0.466 e. The molecule has 24 heavy (non-hydrogen) atoms. The molecule has 0 aliphatic carbocycles. The van der Waals surface area contributed by atoms with Crippen molar-refractivity contribution in [3.8, 4) is 0 Å². The number of aliphatic hydroxyl groups excluding tert-OH is 2. The number of benzene rings is 1. The van der Waals surface area contributed by atoms with Crippen molar-refractivity contribution in [1.82, 2.24) is 4.90 Å². The molecule has 1 aromatic carbocycles. The molecule has 0 unspecified atom stereocenters. The summed E-state index contributed by atoms with van der Waals surface area (Å²) in [6.07, 6.45) is 0.837. The maximum Gasteiger partial charge on any atom is 0.312 e. The van der Waals surface area contributed by atoms with Crippen LogP contribution in [0.4, 0.5) is 4.39 Å². The van der Waals surface area contributed by atoms with E-state index in [1.165, 1.54) is 12.1 Å². The molecule has 1 heterocycles. The highest BCUT2D eigenvalue weighted by atomic mass is 19.1. The SMILES string of the molecule is CCOC(=O)C1(Cc2cccc(F)c2)CCN(C[C@H](O)CO)CC1. The molecule has 5 nitrogen and oxygen atoms in total. The first-order valence-corrected chi connectivity index (χ1v) is 8.42. The van der Waals surface area contributed by atoms with E-state index in [2.05, 4.69) is 0 Å². The number of carbonyl (C=O) groups excluding carboxylic acids is 1. The maximum atomic E-state index is 13.5. The van der Waals surface area contributed by atoms with Crippen LogP contribution in [0.3, 0.4) is 0 Å². The van der Waals surface area contributed by atoms with Crippen molar-refractivity contribution in [3.63, 3.8) is 0 Å². The van der Waals surface area contributed by atoms with Gasteiger partial charge in [0, 0.05) is 6.54 Å². The lowest BCUT2D eigenvalue weighted by molar-refractivity contribution is -0.158. The molecule has 1 atom stereocenters. The van der Waals surface area contributed by atoms with Gasteiger partial charge in [-0.1, -0.05) is 12.1 Å². The highest BCUT2D eigenvalue weighted by Gasteiger charge is 2.42. The first-order valence-electron chi connectivity index (χ1n) is 8.42. The van der Waals surface area contributed by atoms with Crippen molar-refractivity contribution in [2.75, 3.05) is 32.8 Å². The Bertz CT molecular complexity index is 544. The van der Waals surface area contributed by atoms with Crippen molar-refractivity contribution < 1.29 is 24.1 Å². The van der Waals surface area contributed by atoms with E-state index in [0.29, 0.717) is 45.5 Å². The Morgan fingerprint density at radius 2 is 2.12 bits per heavy atom. The van der Waals surface area contributed by atoms with Crippen LogP contribution in [0.15, 0.2) is 24.3 Å². The summed E-state index contributed by atoms with van der Waals surface area (Å²) in [5, 5.41) is 18.5. The molecular weight excluding hydrogens is 313 g/mol. The molecule has 0 radical (unpaired) electrons. The summed E-state index contributed by atoms with van der Waals surface area (Å²) >= 11 is 0. The van der Waals surface area contributed by atoms with Crippen molar-refractivity contribution >= 4 is 5.97 Å². The van der Waals surface area contributed by atoms with E-state index in [1.807, 2.05) is 11.0 Å². The number of hydrogen-bond donors (Lipinski definition) is 2. The Balaban J connectivity index is 2.10. The second-order valence-electron chi connectivity index (χ2n) is 6.44. The Labute approximate surface area is 142 Å². The molecule has 1 aliphatic heterocycles. The number of carbonyl (C=O) groups is 1. The van der Waals surface area contributed by atoms with Crippen LogP contribution in [0, 0.1) is 11.2 Å².